The summed E-state index contributed by atoms with van der Waals surface area (Å²) in [5.41, 5.74) is 0. The molecule has 0 spiro atoms. The largest absolute Gasteiger partial charge is 0.649 e. The molecule has 6 nitrogen and oxygen atoms in total. The quantitative estimate of drug-likeness (QED) is 0.787. The van der Waals surface area contributed by atoms with Crippen LogP contribution in [0.2, 0.25) is 0 Å². The normalized spacial score (nSPS) is 19.0. The van der Waals surface area contributed by atoms with Crippen LogP contribution in [0.25, 0.3) is 0 Å². The van der Waals surface area contributed by atoms with Gasteiger partial charge in [-0.05, 0) is 55.8 Å². The van der Waals surface area contributed by atoms with Gasteiger partial charge in [-0.3, -0.25) is 0 Å². The first-order valence-corrected chi connectivity index (χ1v) is 9.27. The lowest BCUT2D eigenvalue weighted by molar-refractivity contribution is -0.137. The lowest BCUT2D eigenvalue weighted by Gasteiger charge is -2.20. The molecule has 0 aromatic heterocycles. The van der Waals surface area contributed by atoms with Gasteiger partial charge in [0.05, 0.1) is 0 Å². The molecule has 0 radical (unpaired) electrons. The van der Waals surface area contributed by atoms with Crippen LogP contribution in [-0.4, -0.2) is 18.6 Å². The van der Waals surface area contributed by atoms with E-state index in [0.29, 0.717) is 13.0 Å². The third-order valence-electron chi connectivity index (χ3n) is 3.54. The maximum absolute atomic E-state index is 13.0. The van der Waals surface area contributed by atoms with Crippen molar-refractivity contribution in [3.8, 4) is 11.5 Å². The molecular weight excluding hydrogens is 348 g/mol. The van der Waals surface area contributed by atoms with Gasteiger partial charge in [0, 0.05) is 0 Å². The van der Waals surface area contributed by atoms with Crippen molar-refractivity contribution < 1.29 is 27.3 Å². The summed E-state index contributed by atoms with van der Waals surface area (Å²) in [5, 5.41) is 2.96. The van der Waals surface area contributed by atoms with Crippen LogP contribution in [0.15, 0.2) is 54.6 Å². The van der Waals surface area contributed by atoms with Gasteiger partial charge in [0.15, 0.2) is 0 Å². The highest BCUT2D eigenvalue weighted by Crippen LogP contribution is 2.50. The maximum atomic E-state index is 13.0. The van der Waals surface area contributed by atoms with E-state index in [1.54, 1.807) is 30.3 Å². The summed E-state index contributed by atoms with van der Waals surface area (Å²) in [6.07, 6.45) is 1.41. The summed E-state index contributed by atoms with van der Waals surface area (Å²) in [6, 6.07) is 12.5. The van der Waals surface area contributed by atoms with Gasteiger partial charge in [-0.1, -0.05) is 18.2 Å². The van der Waals surface area contributed by atoms with E-state index in [4.69, 9.17) is 13.6 Å². The van der Waals surface area contributed by atoms with Crippen molar-refractivity contribution in [3.05, 3.63) is 60.4 Å². The monoisotopic (exact) mass is 365 g/mol. The molecule has 2 aromatic rings. The number of hydrogen-bond acceptors (Lipinski definition) is 6. The van der Waals surface area contributed by atoms with Crippen LogP contribution < -0.4 is 14.4 Å². The van der Waals surface area contributed by atoms with E-state index >= 15 is 0 Å². The van der Waals surface area contributed by atoms with Gasteiger partial charge < -0.3 is 18.9 Å². The molecule has 8 heteroatoms. The number of phosphoric acid groups is 1. The number of rotatable bonds is 6. The van der Waals surface area contributed by atoms with Crippen LogP contribution in [0.3, 0.4) is 0 Å². The van der Waals surface area contributed by atoms with Crippen molar-refractivity contribution in [1.29, 1.82) is 0 Å². The number of para-hydroxylation sites is 1. The molecule has 2 atom stereocenters. The highest BCUT2D eigenvalue weighted by atomic mass is 31.2. The molecular formula is C17H17FNO5P. The van der Waals surface area contributed by atoms with Gasteiger partial charge in [0.2, 0.25) is 0 Å². The number of phosphoric ester groups is 1. The van der Waals surface area contributed by atoms with Gasteiger partial charge in [-0.15, -0.1) is 0 Å². The molecule has 1 aliphatic rings. The lowest BCUT2D eigenvalue weighted by atomic mass is 10.2. The molecule has 1 unspecified atom stereocenters. The van der Waals surface area contributed by atoms with E-state index in [2.05, 4.69) is 5.32 Å². The van der Waals surface area contributed by atoms with Crippen molar-refractivity contribution in [1.82, 2.24) is 5.32 Å². The van der Waals surface area contributed by atoms with E-state index in [0.717, 1.165) is 18.6 Å². The minimum Gasteiger partial charge on any atom is -0.386 e. The van der Waals surface area contributed by atoms with Crippen molar-refractivity contribution in [2.45, 2.75) is 18.9 Å². The molecule has 25 heavy (non-hydrogen) atoms. The van der Waals surface area contributed by atoms with E-state index in [-0.39, 0.29) is 11.5 Å². The summed E-state index contributed by atoms with van der Waals surface area (Å²) in [7, 11) is -4.30. The number of carbonyl (C=O) groups excluding carboxylic acids is 1. The second kappa shape index (κ2) is 7.68. The van der Waals surface area contributed by atoms with Gasteiger partial charge in [0.25, 0.3) is 0 Å². The highest BCUT2D eigenvalue weighted by Gasteiger charge is 2.38. The summed E-state index contributed by atoms with van der Waals surface area (Å²) < 4.78 is 41.7. The Balaban J connectivity index is 1.80. The predicted molar refractivity (Wildman–Crippen MR) is 88.8 cm³/mol. The van der Waals surface area contributed by atoms with Crippen molar-refractivity contribution in [3.63, 3.8) is 0 Å². The van der Waals surface area contributed by atoms with Crippen molar-refractivity contribution in [2.24, 2.45) is 0 Å². The van der Waals surface area contributed by atoms with Crippen LogP contribution in [-0.2, 0) is 13.9 Å². The maximum Gasteiger partial charge on any atom is 0.649 e. The van der Waals surface area contributed by atoms with Crippen molar-refractivity contribution >= 4 is 13.8 Å². The van der Waals surface area contributed by atoms with Gasteiger partial charge in [-0.2, -0.15) is 4.57 Å². The average molecular weight is 365 g/mol. The molecule has 0 bridgehead atoms. The van der Waals surface area contributed by atoms with E-state index in [9.17, 15) is 13.8 Å². The fourth-order valence-electron chi connectivity index (χ4n) is 2.35. The second-order valence-corrected chi connectivity index (χ2v) is 6.90. The predicted octanol–water partition coefficient (Wildman–Crippen LogP) is 3.69. The molecule has 1 saturated heterocycles. The fraction of sp³-hybridized carbons (Fsp3) is 0.235. The van der Waals surface area contributed by atoms with E-state index < -0.39 is 25.7 Å². The minimum atomic E-state index is -4.30. The highest BCUT2D eigenvalue weighted by molar-refractivity contribution is 7.50. The number of benzene rings is 2. The zero-order valence-corrected chi connectivity index (χ0v) is 14.2. The van der Waals surface area contributed by atoms with Crippen LogP contribution in [0.5, 0.6) is 11.5 Å². The molecule has 132 valence electrons. The summed E-state index contributed by atoms with van der Waals surface area (Å²) >= 11 is 0. The van der Waals surface area contributed by atoms with Crippen LogP contribution in [0.1, 0.15) is 12.8 Å². The fourth-order valence-corrected chi connectivity index (χ4v) is 3.57. The Hall–Kier alpha value is -2.37. The zero-order chi connectivity index (χ0) is 17.7. The smallest absolute Gasteiger partial charge is 0.386 e. The molecule has 1 N–H and O–H groups in total. The Labute approximate surface area is 144 Å². The summed E-state index contributed by atoms with van der Waals surface area (Å²) in [6.45, 7) is 0.683. The van der Waals surface area contributed by atoms with Crippen molar-refractivity contribution in [2.75, 3.05) is 6.54 Å². The molecule has 3 rings (SSSR count). The van der Waals surface area contributed by atoms with Crippen LogP contribution >= 0.6 is 7.82 Å². The molecule has 0 amide bonds. The third-order valence-corrected chi connectivity index (χ3v) is 4.81. The Bertz CT molecular complexity index is 762. The van der Waals surface area contributed by atoms with E-state index in [1.807, 2.05) is 0 Å². The second-order valence-electron chi connectivity index (χ2n) is 5.46. The Morgan fingerprint density at radius 2 is 1.68 bits per heavy atom. The number of carbonyl (C=O) groups is 1. The Morgan fingerprint density at radius 1 is 1.04 bits per heavy atom. The first-order valence-electron chi connectivity index (χ1n) is 7.81. The van der Waals surface area contributed by atoms with Gasteiger partial charge >= 0.3 is 13.8 Å². The molecule has 1 fully saturated rings. The SMILES string of the molecule is O=C(OP(=O)(Oc1ccccc1)Oc1ccc(F)cc1)[C@@H]1CCCN1. The number of halogens is 1. The standard InChI is InChI=1S/C17H17FNO5P/c18-13-8-10-15(11-9-13)23-25(21,22-14-5-2-1-3-6-14)24-17(20)16-7-4-12-19-16/h1-3,5-6,8-11,16,19H,4,7,12H2/t16-,25?/m0/s1. The first kappa shape index (κ1) is 17.5. The molecule has 1 heterocycles. The van der Waals surface area contributed by atoms with Gasteiger partial charge in [-0.25, -0.2) is 9.18 Å². The zero-order valence-electron chi connectivity index (χ0n) is 13.3. The Kier molecular flexibility index (Phi) is 5.36. The third kappa shape index (κ3) is 4.81. The summed E-state index contributed by atoms with van der Waals surface area (Å²) in [4.78, 5) is 12.2. The number of hydrogen-bond donors (Lipinski definition) is 1. The average Bonchev–Trinajstić information content (AvgIpc) is 3.12. The van der Waals surface area contributed by atoms with Crippen LogP contribution in [0.4, 0.5) is 4.39 Å². The first-order chi connectivity index (χ1) is 12.0. The minimum absolute atomic E-state index is 0.0628. The van der Waals surface area contributed by atoms with Gasteiger partial charge in [0.1, 0.15) is 23.4 Å². The molecule has 0 aliphatic carbocycles. The molecule has 1 aliphatic heterocycles. The topological polar surface area (TPSA) is 73.9 Å². The Morgan fingerprint density at radius 3 is 2.28 bits per heavy atom. The lowest BCUT2D eigenvalue weighted by Crippen LogP contribution is -2.32. The van der Waals surface area contributed by atoms with Crippen LogP contribution in [0, 0.1) is 5.82 Å². The van der Waals surface area contributed by atoms with E-state index in [1.165, 1.54) is 12.1 Å². The molecule has 2 aromatic carbocycles. The summed E-state index contributed by atoms with van der Waals surface area (Å²) in [5.74, 6) is -0.898. The number of nitrogens with one attached hydrogen (secondary N) is 1. The molecule has 0 saturated carbocycles.